The zero-order valence-electron chi connectivity index (χ0n) is 12.2. The molecule has 2 N–H and O–H groups in total. The Hall–Kier alpha value is -2.71. The van der Waals surface area contributed by atoms with Crippen LogP contribution < -0.4 is 10.6 Å². The molecule has 0 saturated carbocycles. The van der Waals surface area contributed by atoms with Gasteiger partial charge >= 0.3 is 6.18 Å². The van der Waals surface area contributed by atoms with E-state index >= 15 is 0 Å². The number of aromatic nitrogens is 3. The van der Waals surface area contributed by atoms with Gasteiger partial charge in [0.15, 0.2) is 0 Å². The molecule has 122 valence electrons. The van der Waals surface area contributed by atoms with Crippen LogP contribution in [0.2, 0.25) is 0 Å². The molecule has 0 bridgehead atoms. The largest absolute Gasteiger partial charge is 0.419 e. The van der Waals surface area contributed by atoms with Crippen LogP contribution >= 0.6 is 0 Å². The van der Waals surface area contributed by atoms with E-state index in [1.807, 2.05) is 0 Å². The molecule has 0 fully saturated rings. The van der Waals surface area contributed by atoms with Crippen molar-refractivity contribution in [3.05, 3.63) is 47.7 Å². The summed E-state index contributed by atoms with van der Waals surface area (Å²) in [6.45, 7) is 1.94. The summed E-state index contributed by atoms with van der Waals surface area (Å²) in [5.74, 6) is -0.722. The van der Waals surface area contributed by atoms with Gasteiger partial charge in [0.1, 0.15) is 11.5 Å². The molecule has 2 aromatic heterocycles. The third-order valence-electron chi connectivity index (χ3n) is 2.83. The third kappa shape index (κ3) is 4.63. The first-order chi connectivity index (χ1) is 10.9. The van der Waals surface area contributed by atoms with Crippen molar-refractivity contribution in [3.8, 4) is 0 Å². The van der Waals surface area contributed by atoms with Crippen molar-refractivity contribution < 1.29 is 18.0 Å². The van der Waals surface area contributed by atoms with Gasteiger partial charge in [-0.1, -0.05) is 0 Å². The van der Waals surface area contributed by atoms with E-state index in [1.165, 1.54) is 24.7 Å². The lowest BCUT2D eigenvalue weighted by Crippen LogP contribution is -2.30. The van der Waals surface area contributed by atoms with Gasteiger partial charge < -0.3 is 10.6 Å². The van der Waals surface area contributed by atoms with E-state index in [4.69, 9.17) is 0 Å². The molecule has 0 aliphatic rings. The molecule has 0 saturated heterocycles. The van der Waals surface area contributed by atoms with Crippen LogP contribution in [0.25, 0.3) is 0 Å². The van der Waals surface area contributed by atoms with Gasteiger partial charge in [-0.05, 0) is 19.1 Å². The number of alkyl halides is 3. The zero-order valence-corrected chi connectivity index (χ0v) is 12.2. The molecule has 6 nitrogen and oxygen atoms in total. The third-order valence-corrected chi connectivity index (χ3v) is 2.83. The standard InChI is InChI=1S/C14H14F3N5O/c1-9-7-22-11(8-21-9)13(23)20-6-5-19-12-10(14(15,16)17)3-2-4-18-12/h2-4,7-8H,5-6H2,1H3,(H,18,19)(H,20,23). The number of hydrogen-bond donors (Lipinski definition) is 2. The second-order valence-electron chi connectivity index (χ2n) is 4.62. The van der Waals surface area contributed by atoms with Gasteiger partial charge in [-0.15, -0.1) is 0 Å². The molecule has 0 spiro atoms. The van der Waals surface area contributed by atoms with Crippen LogP contribution in [0.4, 0.5) is 19.0 Å². The van der Waals surface area contributed by atoms with E-state index in [9.17, 15) is 18.0 Å². The SMILES string of the molecule is Cc1cnc(C(=O)NCCNc2ncccc2C(F)(F)F)cn1. The van der Waals surface area contributed by atoms with E-state index in [0.717, 1.165) is 6.07 Å². The normalized spacial score (nSPS) is 11.1. The number of halogens is 3. The van der Waals surface area contributed by atoms with Crippen LogP contribution in [0, 0.1) is 6.92 Å². The highest BCUT2D eigenvalue weighted by Crippen LogP contribution is 2.33. The number of pyridine rings is 1. The maximum absolute atomic E-state index is 12.8. The molecule has 2 rings (SSSR count). The Morgan fingerprint density at radius 2 is 1.96 bits per heavy atom. The molecule has 0 radical (unpaired) electrons. The minimum Gasteiger partial charge on any atom is -0.368 e. The van der Waals surface area contributed by atoms with Crippen LogP contribution in [-0.4, -0.2) is 33.9 Å². The minimum atomic E-state index is -4.49. The van der Waals surface area contributed by atoms with Gasteiger partial charge in [0.2, 0.25) is 0 Å². The van der Waals surface area contributed by atoms with Crippen molar-refractivity contribution in [2.45, 2.75) is 13.1 Å². The Morgan fingerprint density at radius 1 is 1.17 bits per heavy atom. The van der Waals surface area contributed by atoms with Gasteiger partial charge in [0.25, 0.3) is 5.91 Å². The number of aryl methyl sites for hydroxylation is 1. The van der Waals surface area contributed by atoms with E-state index in [0.29, 0.717) is 5.69 Å². The van der Waals surface area contributed by atoms with Crippen molar-refractivity contribution in [3.63, 3.8) is 0 Å². The number of carbonyl (C=O) groups is 1. The second kappa shape index (κ2) is 7.03. The second-order valence-corrected chi connectivity index (χ2v) is 4.62. The Labute approximate surface area is 130 Å². The quantitative estimate of drug-likeness (QED) is 0.823. The van der Waals surface area contributed by atoms with Crippen LogP contribution in [0.15, 0.2) is 30.7 Å². The number of amides is 1. The molecule has 0 atom stereocenters. The van der Waals surface area contributed by atoms with Crippen LogP contribution in [0.1, 0.15) is 21.7 Å². The van der Waals surface area contributed by atoms with Gasteiger partial charge in [-0.3, -0.25) is 9.78 Å². The molecule has 0 unspecified atom stereocenters. The van der Waals surface area contributed by atoms with Crippen LogP contribution in [-0.2, 0) is 6.18 Å². The van der Waals surface area contributed by atoms with Gasteiger partial charge in [-0.2, -0.15) is 13.2 Å². The van der Waals surface area contributed by atoms with E-state index < -0.39 is 17.6 Å². The summed E-state index contributed by atoms with van der Waals surface area (Å²) in [4.78, 5) is 23.3. The maximum atomic E-state index is 12.8. The van der Waals surface area contributed by atoms with Gasteiger partial charge in [0.05, 0.1) is 17.5 Å². The fourth-order valence-electron chi connectivity index (χ4n) is 1.73. The summed E-state index contributed by atoms with van der Waals surface area (Å²) in [5.41, 5.74) is -0.0295. The summed E-state index contributed by atoms with van der Waals surface area (Å²) in [6, 6.07) is 2.15. The first kappa shape index (κ1) is 16.7. The Bertz CT molecular complexity index is 673. The first-order valence-corrected chi connectivity index (χ1v) is 6.71. The molecule has 1 amide bonds. The van der Waals surface area contributed by atoms with Gasteiger partial charge in [-0.25, -0.2) is 9.97 Å². The predicted octanol–water partition coefficient (Wildman–Crippen LogP) is 2.04. The van der Waals surface area contributed by atoms with E-state index in [1.54, 1.807) is 6.92 Å². The number of nitrogens with one attached hydrogen (secondary N) is 2. The number of nitrogens with zero attached hydrogens (tertiary/aromatic N) is 3. The lowest BCUT2D eigenvalue weighted by Gasteiger charge is -2.13. The fourth-order valence-corrected chi connectivity index (χ4v) is 1.73. The van der Waals surface area contributed by atoms with Crippen LogP contribution in [0.3, 0.4) is 0 Å². The highest BCUT2D eigenvalue weighted by Gasteiger charge is 2.33. The zero-order chi connectivity index (χ0) is 16.9. The smallest absolute Gasteiger partial charge is 0.368 e. The summed E-state index contributed by atoms with van der Waals surface area (Å²) in [7, 11) is 0. The van der Waals surface area contributed by atoms with Crippen LogP contribution in [0.5, 0.6) is 0 Å². The Morgan fingerprint density at radius 3 is 2.61 bits per heavy atom. The fraction of sp³-hybridized carbons (Fsp3) is 0.286. The molecule has 2 aromatic rings. The summed E-state index contributed by atoms with van der Waals surface area (Å²) in [5, 5.41) is 5.09. The van der Waals surface area contributed by atoms with Gasteiger partial charge in [0, 0.05) is 25.5 Å². The molecule has 0 aromatic carbocycles. The molecule has 9 heteroatoms. The highest BCUT2D eigenvalue weighted by molar-refractivity contribution is 5.91. The molecule has 0 aliphatic carbocycles. The first-order valence-electron chi connectivity index (χ1n) is 6.71. The number of carbonyl (C=O) groups excluding carboxylic acids is 1. The summed E-state index contributed by atoms with van der Waals surface area (Å²) >= 11 is 0. The van der Waals surface area contributed by atoms with Crippen molar-refractivity contribution in [2.24, 2.45) is 0 Å². The minimum absolute atomic E-state index is 0.0884. The number of hydrogen-bond acceptors (Lipinski definition) is 5. The van der Waals surface area contributed by atoms with Crippen molar-refractivity contribution in [1.29, 1.82) is 0 Å². The monoisotopic (exact) mass is 325 g/mol. The average molecular weight is 325 g/mol. The number of anilines is 1. The molecule has 2 heterocycles. The highest BCUT2D eigenvalue weighted by atomic mass is 19.4. The van der Waals surface area contributed by atoms with E-state index in [2.05, 4.69) is 25.6 Å². The van der Waals surface area contributed by atoms with Crippen molar-refractivity contribution >= 4 is 11.7 Å². The molecule has 0 aliphatic heterocycles. The molecule has 23 heavy (non-hydrogen) atoms. The van der Waals surface area contributed by atoms with Crippen molar-refractivity contribution in [2.75, 3.05) is 18.4 Å². The van der Waals surface area contributed by atoms with E-state index in [-0.39, 0.29) is 24.6 Å². The molecular formula is C14H14F3N5O. The average Bonchev–Trinajstić information content (AvgIpc) is 2.51. The number of rotatable bonds is 5. The predicted molar refractivity (Wildman–Crippen MR) is 76.8 cm³/mol. The Balaban J connectivity index is 1.86. The lowest BCUT2D eigenvalue weighted by atomic mass is 10.2. The molecular weight excluding hydrogens is 311 g/mol. The summed E-state index contributed by atoms with van der Waals surface area (Å²) in [6.07, 6.45) is -0.440. The summed E-state index contributed by atoms with van der Waals surface area (Å²) < 4.78 is 38.3. The van der Waals surface area contributed by atoms with Crippen molar-refractivity contribution in [1.82, 2.24) is 20.3 Å². The topological polar surface area (TPSA) is 79.8 Å². The lowest BCUT2D eigenvalue weighted by molar-refractivity contribution is -0.137. The Kier molecular flexibility index (Phi) is 5.09. The maximum Gasteiger partial charge on any atom is 0.419 e.